The third-order valence-corrected chi connectivity index (χ3v) is 4.44. The number of guanidine groups is 1. The molecule has 2 heterocycles. The summed E-state index contributed by atoms with van der Waals surface area (Å²) in [5.41, 5.74) is 3.51. The monoisotopic (exact) mass is 478 g/mol. The maximum absolute atomic E-state index is 4.39. The van der Waals surface area contributed by atoms with Crippen LogP contribution in [0.3, 0.4) is 0 Å². The zero-order valence-electron chi connectivity index (χ0n) is 16.1. The van der Waals surface area contributed by atoms with Gasteiger partial charge in [0.15, 0.2) is 11.6 Å². The van der Waals surface area contributed by atoms with Crippen LogP contribution in [0.4, 0.5) is 0 Å². The van der Waals surface area contributed by atoms with Crippen molar-refractivity contribution in [1.82, 2.24) is 24.8 Å². The van der Waals surface area contributed by atoms with E-state index >= 15 is 0 Å². The molecule has 27 heavy (non-hydrogen) atoms. The van der Waals surface area contributed by atoms with E-state index in [2.05, 4.69) is 63.6 Å². The molecule has 1 N–H and O–H groups in total. The van der Waals surface area contributed by atoms with Crippen molar-refractivity contribution >= 4 is 35.6 Å². The zero-order chi connectivity index (χ0) is 18.4. The Balaban J connectivity index is 0.00000261. The highest BCUT2D eigenvalue weighted by atomic mass is 127. The predicted molar refractivity (Wildman–Crippen MR) is 121 cm³/mol. The van der Waals surface area contributed by atoms with Crippen molar-refractivity contribution < 1.29 is 0 Å². The van der Waals surface area contributed by atoms with E-state index in [-0.39, 0.29) is 24.0 Å². The molecule has 0 atom stereocenters. The van der Waals surface area contributed by atoms with Gasteiger partial charge in [0.1, 0.15) is 5.82 Å². The summed E-state index contributed by atoms with van der Waals surface area (Å²) in [5, 5.41) is 11.9. The lowest BCUT2D eigenvalue weighted by atomic mass is 10.1. The molecule has 1 aromatic carbocycles. The Hall–Kier alpha value is -2.16. The van der Waals surface area contributed by atoms with Gasteiger partial charge in [0.2, 0.25) is 0 Å². The first kappa shape index (κ1) is 21.1. The number of pyridine rings is 1. The molecule has 0 saturated carbocycles. The molecule has 2 aromatic heterocycles. The summed E-state index contributed by atoms with van der Waals surface area (Å²) in [6.07, 6.45) is 3.84. The third-order valence-electron chi connectivity index (χ3n) is 4.44. The lowest BCUT2D eigenvalue weighted by molar-refractivity contribution is 0.476. The Bertz CT molecular complexity index is 872. The minimum atomic E-state index is 0. The molecule has 0 radical (unpaired) electrons. The molecule has 3 rings (SSSR count). The summed E-state index contributed by atoms with van der Waals surface area (Å²) in [7, 11) is 3.86. The van der Waals surface area contributed by atoms with Crippen molar-refractivity contribution in [3.05, 3.63) is 65.6 Å². The molecule has 3 aromatic rings. The summed E-state index contributed by atoms with van der Waals surface area (Å²) < 4.78 is 2.02. The minimum absolute atomic E-state index is 0. The number of fused-ring (bicyclic) bond motifs is 1. The highest BCUT2D eigenvalue weighted by Crippen LogP contribution is 2.08. The molecule has 0 fully saturated rings. The summed E-state index contributed by atoms with van der Waals surface area (Å²) in [4.78, 5) is 6.52. The van der Waals surface area contributed by atoms with Crippen molar-refractivity contribution in [2.45, 2.75) is 26.3 Å². The van der Waals surface area contributed by atoms with Gasteiger partial charge in [-0.05, 0) is 29.7 Å². The van der Waals surface area contributed by atoms with Gasteiger partial charge in [0.05, 0.1) is 0 Å². The molecule has 0 amide bonds. The van der Waals surface area contributed by atoms with Gasteiger partial charge >= 0.3 is 0 Å². The quantitative estimate of drug-likeness (QED) is 0.336. The lowest BCUT2D eigenvalue weighted by Gasteiger charge is -2.22. The number of nitrogens with one attached hydrogen (secondary N) is 1. The van der Waals surface area contributed by atoms with Crippen LogP contribution in [-0.2, 0) is 19.4 Å². The van der Waals surface area contributed by atoms with E-state index in [4.69, 9.17) is 0 Å². The van der Waals surface area contributed by atoms with Crippen LogP contribution in [-0.4, -0.2) is 46.1 Å². The lowest BCUT2D eigenvalue weighted by Crippen LogP contribution is -2.39. The van der Waals surface area contributed by atoms with Crippen LogP contribution in [0.15, 0.2) is 53.7 Å². The van der Waals surface area contributed by atoms with Crippen LogP contribution in [0.2, 0.25) is 0 Å². The Morgan fingerprint density at radius 1 is 1.11 bits per heavy atom. The largest absolute Gasteiger partial charge is 0.356 e. The second-order valence-electron chi connectivity index (χ2n) is 6.30. The Morgan fingerprint density at radius 2 is 1.85 bits per heavy atom. The SMILES string of the molecule is CCc1ccc(CN(C)C(=NC)NCCc2nnc3ccccn23)cc1.I. The van der Waals surface area contributed by atoms with Crippen LogP contribution in [0.1, 0.15) is 23.9 Å². The van der Waals surface area contributed by atoms with Crippen LogP contribution in [0, 0.1) is 0 Å². The van der Waals surface area contributed by atoms with Gasteiger partial charge in [-0.2, -0.15) is 0 Å². The summed E-state index contributed by atoms with van der Waals surface area (Å²) in [6, 6.07) is 14.7. The molecule has 0 aliphatic carbocycles. The van der Waals surface area contributed by atoms with Gasteiger partial charge in [-0.1, -0.05) is 37.3 Å². The molecule has 6 nitrogen and oxygen atoms in total. The molecule has 0 bridgehead atoms. The van der Waals surface area contributed by atoms with E-state index in [1.54, 1.807) is 0 Å². The summed E-state index contributed by atoms with van der Waals surface area (Å²) in [6.45, 7) is 3.74. The molecular formula is C20H27IN6. The fraction of sp³-hybridized carbons (Fsp3) is 0.350. The minimum Gasteiger partial charge on any atom is -0.356 e. The number of aliphatic imine (C=N–C) groups is 1. The predicted octanol–water partition coefficient (Wildman–Crippen LogP) is 3.16. The van der Waals surface area contributed by atoms with Crippen LogP contribution in [0.5, 0.6) is 0 Å². The first-order valence-corrected chi connectivity index (χ1v) is 8.99. The molecule has 144 valence electrons. The van der Waals surface area contributed by atoms with Crippen molar-refractivity contribution in [3.63, 3.8) is 0 Å². The topological polar surface area (TPSA) is 57.8 Å². The number of aryl methyl sites for hydroxylation is 1. The van der Waals surface area contributed by atoms with E-state index in [1.165, 1.54) is 11.1 Å². The average Bonchev–Trinajstić information content (AvgIpc) is 3.09. The van der Waals surface area contributed by atoms with Gasteiger partial charge in [0, 0.05) is 39.8 Å². The standard InChI is InChI=1S/C20H26N6.HI/c1-4-16-8-10-17(11-9-16)15-25(3)20(21-2)22-13-12-19-24-23-18-7-5-6-14-26(18)19;/h5-11,14H,4,12-13,15H2,1-3H3,(H,21,22);1H. The fourth-order valence-electron chi connectivity index (χ4n) is 2.96. The van der Waals surface area contributed by atoms with Crippen LogP contribution in [0.25, 0.3) is 5.65 Å². The number of rotatable bonds is 6. The number of aromatic nitrogens is 3. The first-order valence-electron chi connectivity index (χ1n) is 8.99. The zero-order valence-corrected chi connectivity index (χ0v) is 18.4. The van der Waals surface area contributed by atoms with Gasteiger partial charge in [-0.3, -0.25) is 9.39 Å². The number of hydrogen-bond donors (Lipinski definition) is 1. The van der Waals surface area contributed by atoms with E-state index in [0.717, 1.165) is 43.4 Å². The third kappa shape index (κ3) is 5.41. The van der Waals surface area contributed by atoms with Crippen molar-refractivity contribution in [2.75, 3.05) is 20.6 Å². The highest BCUT2D eigenvalue weighted by Gasteiger charge is 2.08. The molecular weight excluding hydrogens is 451 g/mol. The molecule has 0 saturated heterocycles. The normalized spacial score (nSPS) is 11.3. The molecule has 0 spiro atoms. The average molecular weight is 478 g/mol. The van der Waals surface area contributed by atoms with Crippen molar-refractivity contribution in [1.29, 1.82) is 0 Å². The van der Waals surface area contributed by atoms with Crippen molar-refractivity contribution in [3.8, 4) is 0 Å². The molecule has 0 aliphatic rings. The number of hydrogen-bond acceptors (Lipinski definition) is 3. The maximum Gasteiger partial charge on any atom is 0.193 e. The van der Waals surface area contributed by atoms with E-state index < -0.39 is 0 Å². The highest BCUT2D eigenvalue weighted by molar-refractivity contribution is 14.0. The van der Waals surface area contributed by atoms with E-state index in [9.17, 15) is 0 Å². The second kappa shape index (κ2) is 10.2. The van der Waals surface area contributed by atoms with Gasteiger partial charge < -0.3 is 10.2 Å². The summed E-state index contributed by atoms with van der Waals surface area (Å²) in [5.74, 6) is 1.82. The maximum atomic E-state index is 4.39. The van der Waals surface area contributed by atoms with Gasteiger partial charge in [0.25, 0.3) is 0 Å². The van der Waals surface area contributed by atoms with Crippen LogP contribution < -0.4 is 5.32 Å². The summed E-state index contributed by atoms with van der Waals surface area (Å²) >= 11 is 0. The van der Waals surface area contributed by atoms with Crippen molar-refractivity contribution in [2.24, 2.45) is 4.99 Å². The van der Waals surface area contributed by atoms with Crippen LogP contribution >= 0.6 is 24.0 Å². The van der Waals surface area contributed by atoms with Gasteiger partial charge in [-0.15, -0.1) is 34.2 Å². The molecule has 7 heteroatoms. The Kier molecular flexibility index (Phi) is 8.02. The molecule has 0 aliphatic heterocycles. The number of halogens is 1. The van der Waals surface area contributed by atoms with E-state index in [1.807, 2.05) is 35.8 Å². The van der Waals surface area contributed by atoms with E-state index in [0.29, 0.717) is 0 Å². The second-order valence-corrected chi connectivity index (χ2v) is 6.30. The Morgan fingerprint density at radius 3 is 2.56 bits per heavy atom. The molecule has 0 unspecified atom stereocenters. The Labute approximate surface area is 177 Å². The fourth-order valence-corrected chi connectivity index (χ4v) is 2.96. The first-order chi connectivity index (χ1) is 12.7. The number of benzene rings is 1. The number of nitrogens with zero attached hydrogens (tertiary/aromatic N) is 5. The van der Waals surface area contributed by atoms with Gasteiger partial charge in [-0.25, -0.2) is 0 Å². The smallest absolute Gasteiger partial charge is 0.193 e.